The fourth-order valence-electron chi connectivity index (χ4n) is 2.31. The molecule has 2 N–H and O–H groups in total. The summed E-state index contributed by atoms with van der Waals surface area (Å²) in [5.74, 6) is 1.97. The van der Waals surface area contributed by atoms with Crippen LogP contribution >= 0.6 is 23.2 Å². The van der Waals surface area contributed by atoms with E-state index in [2.05, 4.69) is 5.32 Å². The maximum Gasteiger partial charge on any atom is 0.231 e. The van der Waals surface area contributed by atoms with E-state index >= 15 is 0 Å². The number of rotatable bonds is 7. The van der Waals surface area contributed by atoms with Gasteiger partial charge in [-0.15, -0.1) is 0 Å². The van der Waals surface area contributed by atoms with Crippen LogP contribution in [0.3, 0.4) is 0 Å². The van der Waals surface area contributed by atoms with E-state index in [-0.39, 0.29) is 13.4 Å². The van der Waals surface area contributed by atoms with E-state index in [1.165, 1.54) is 0 Å². The molecule has 0 saturated heterocycles. The van der Waals surface area contributed by atoms with Gasteiger partial charge in [-0.25, -0.2) is 0 Å². The second-order valence-electron chi connectivity index (χ2n) is 5.39. The maximum atomic E-state index is 10.00. The van der Waals surface area contributed by atoms with Crippen LogP contribution in [-0.2, 0) is 6.54 Å². The molecular formula is C17H17Cl2NO4. The monoisotopic (exact) mass is 369 g/mol. The number of halogens is 2. The minimum absolute atomic E-state index is 0.170. The summed E-state index contributed by atoms with van der Waals surface area (Å²) >= 11 is 11.9. The molecule has 0 saturated carbocycles. The fourth-order valence-corrected chi connectivity index (χ4v) is 2.89. The second kappa shape index (κ2) is 7.94. The lowest BCUT2D eigenvalue weighted by molar-refractivity contribution is 0.106. The first-order chi connectivity index (χ1) is 11.6. The molecule has 0 radical (unpaired) electrons. The number of hydrogen-bond acceptors (Lipinski definition) is 5. The van der Waals surface area contributed by atoms with Gasteiger partial charge in [0.1, 0.15) is 18.5 Å². The number of nitrogens with one attached hydrogen (secondary N) is 1. The lowest BCUT2D eigenvalue weighted by Gasteiger charge is -2.14. The Labute approximate surface area is 150 Å². The summed E-state index contributed by atoms with van der Waals surface area (Å²) in [5, 5.41) is 14.3. The van der Waals surface area contributed by atoms with Crippen molar-refractivity contribution in [3.05, 3.63) is 52.0 Å². The predicted octanol–water partition coefficient (Wildman–Crippen LogP) is 3.25. The summed E-state index contributed by atoms with van der Waals surface area (Å²) in [6.45, 7) is 1.33. The topological polar surface area (TPSA) is 60.0 Å². The van der Waals surface area contributed by atoms with E-state index in [1.54, 1.807) is 24.3 Å². The zero-order valence-electron chi connectivity index (χ0n) is 12.8. The van der Waals surface area contributed by atoms with Crippen LogP contribution in [0.2, 0.25) is 10.0 Å². The van der Waals surface area contributed by atoms with Crippen molar-refractivity contribution in [3.63, 3.8) is 0 Å². The number of aliphatic hydroxyl groups is 1. The van der Waals surface area contributed by atoms with Gasteiger partial charge < -0.3 is 24.6 Å². The number of ether oxygens (including phenoxy) is 3. The summed E-state index contributed by atoms with van der Waals surface area (Å²) in [4.78, 5) is 0. The normalized spacial score (nSPS) is 13.8. The standard InChI is InChI=1S/C17H17Cl2NO4/c18-12-3-11(4-13(19)5-12)7-20-8-14(21)9-22-15-1-2-16-17(6-15)24-10-23-16/h1-6,14,20-21H,7-10H2. The van der Waals surface area contributed by atoms with Crippen molar-refractivity contribution < 1.29 is 19.3 Å². The Morgan fingerprint density at radius 3 is 2.62 bits per heavy atom. The molecule has 1 unspecified atom stereocenters. The molecule has 24 heavy (non-hydrogen) atoms. The minimum Gasteiger partial charge on any atom is -0.491 e. The summed E-state index contributed by atoms with van der Waals surface area (Å²) in [6, 6.07) is 10.6. The van der Waals surface area contributed by atoms with Gasteiger partial charge in [0.2, 0.25) is 6.79 Å². The molecule has 0 amide bonds. The molecular weight excluding hydrogens is 353 g/mol. The van der Waals surface area contributed by atoms with Gasteiger partial charge in [0, 0.05) is 29.2 Å². The van der Waals surface area contributed by atoms with Crippen molar-refractivity contribution in [3.8, 4) is 17.2 Å². The largest absolute Gasteiger partial charge is 0.491 e. The van der Waals surface area contributed by atoms with Crippen molar-refractivity contribution in [2.45, 2.75) is 12.6 Å². The Morgan fingerprint density at radius 1 is 1.08 bits per heavy atom. The predicted molar refractivity (Wildman–Crippen MR) is 92.2 cm³/mol. The van der Waals surface area contributed by atoms with Gasteiger partial charge in [0.15, 0.2) is 11.5 Å². The van der Waals surface area contributed by atoms with E-state index in [9.17, 15) is 5.11 Å². The summed E-state index contributed by atoms with van der Waals surface area (Å²) < 4.78 is 16.1. The van der Waals surface area contributed by atoms with Gasteiger partial charge in [0.05, 0.1) is 0 Å². The Hall–Kier alpha value is -1.66. The Kier molecular flexibility index (Phi) is 5.68. The van der Waals surface area contributed by atoms with E-state index in [0.717, 1.165) is 5.56 Å². The van der Waals surface area contributed by atoms with Crippen LogP contribution in [0.1, 0.15) is 5.56 Å². The lowest BCUT2D eigenvalue weighted by atomic mass is 10.2. The van der Waals surface area contributed by atoms with Gasteiger partial charge in [-0.2, -0.15) is 0 Å². The summed E-state index contributed by atoms with van der Waals surface area (Å²) in [5.41, 5.74) is 0.955. The van der Waals surface area contributed by atoms with Crippen LogP contribution in [0.5, 0.6) is 17.2 Å². The fraction of sp³-hybridized carbons (Fsp3) is 0.294. The zero-order valence-corrected chi connectivity index (χ0v) is 14.3. The highest BCUT2D eigenvalue weighted by Crippen LogP contribution is 2.35. The average molecular weight is 370 g/mol. The van der Waals surface area contributed by atoms with Crippen molar-refractivity contribution >= 4 is 23.2 Å². The zero-order chi connectivity index (χ0) is 16.9. The molecule has 5 nitrogen and oxygen atoms in total. The Morgan fingerprint density at radius 2 is 1.83 bits per heavy atom. The van der Waals surface area contributed by atoms with Gasteiger partial charge in [-0.05, 0) is 35.9 Å². The van der Waals surface area contributed by atoms with Crippen LogP contribution in [0, 0.1) is 0 Å². The van der Waals surface area contributed by atoms with E-state index in [0.29, 0.717) is 40.4 Å². The van der Waals surface area contributed by atoms with Crippen molar-refractivity contribution in [2.75, 3.05) is 19.9 Å². The van der Waals surface area contributed by atoms with E-state index in [4.69, 9.17) is 37.4 Å². The Bertz CT molecular complexity index is 691. The molecule has 1 aliphatic heterocycles. The first-order valence-electron chi connectivity index (χ1n) is 7.46. The van der Waals surface area contributed by atoms with Gasteiger partial charge in [-0.3, -0.25) is 0 Å². The third kappa shape index (κ3) is 4.68. The molecule has 0 bridgehead atoms. The van der Waals surface area contributed by atoms with E-state index in [1.807, 2.05) is 12.1 Å². The quantitative estimate of drug-likeness (QED) is 0.784. The van der Waals surface area contributed by atoms with Gasteiger partial charge in [-0.1, -0.05) is 23.2 Å². The molecule has 0 aliphatic carbocycles. The molecule has 7 heteroatoms. The number of benzene rings is 2. The molecule has 128 valence electrons. The van der Waals surface area contributed by atoms with Crippen molar-refractivity contribution in [2.24, 2.45) is 0 Å². The van der Waals surface area contributed by atoms with Gasteiger partial charge in [0.25, 0.3) is 0 Å². The average Bonchev–Trinajstić information content (AvgIpc) is 2.99. The van der Waals surface area contributed by atoms with Crippen LogP contribution in [0.25, 0.3) is 0 Å². The molecule has 0 fully saturated rings. The van der Waals surface area contributed by atoms with Crippen LogP contribution < -0.4 is 19.5 Å². The molecule has 3 rings (SSSR count). The maximum absolute atomic E-state index is 10.00. The third-order valence-electron chi connectivity index (χ3n) is 3.42. The number of hydrogen-bond donors (Lipinski definition) is 2. The lowest BCUT2D eigenvalue weighted by Crippen LogP contribution is -2.31. The molecule has 0 aromatic heterocycles. The first kappa shape index (κ1) is 17.2. The highest BCUT2D eigenvalue weighted by molar-refractivity contribution is 6.34. The SMILES string of the molecule is OC(CNCc1cc(Cl)cc(Cl)c1)COc1ccc2c(c1)OCO2. The molecule has 1 heterocycles. The van der Waals surface area contributed by atoms with Crippen molar-refractivity contribution in [1.29, 1.82) is 0 Å². The highest BCUT2D eigenvalue weighted by Gasteiger charge is 2.14. The number of fused-ring (bicyclic) bond motifs is 1. The Balaban J connectivity index is 1.42. The first-order valence-corrected chi connectivity index (χ1v) is 8.22. The summed E-state index contributed by atoms with van der Waals surface area (Å²) in [6.07, 6.45) is -0.648. The van der Waals surface area contributed by atoms with Crippen molar-refractivity contribution in [1.82, 2.24) is 5.32 Å². The molecule has 1 atom stereocenters. The van der Waals surface area contributed by atoms with E-state index < -0.39 is 6.10 Å². The molecule has 0 spiro atoms. The smallest absolute Gasteiger partial charge is 0.231 e. The molecule has 2 aromatic carbocycles. The van der Waals surface area contributed by atoms with Crippen LogP contribution in [0.15, 0.2) is 36.4 Å². The molecule has 2 aromatic rings. The number of aliphatic hydroxyl groups excluding tert-OH is 1. The minimum atomic E-state index is -0.648. The second-order valence-corrected chi connectivity index (χ2v) is 6.26. The third-order valence-corrected chi connectivity index (χ3v) is 3.85. The molecule has 1 aliphatic rings. The highest BCUT2D eigenvalue weighted by atomic mass is 35.5. The van der Waals surface area contributed by atoms with Crippen LogP contribution in [0.4, 0.5) is 0 Å². The van der Waals surface area contributed by atoms with Gasteiger partial charge >= 0.3 is 0 Å². The summed E-state index contributed by atoms with van der Waals surface area (Å²) in [7, 11) is 0. The van der Waals surface area contributed by atoms with Crippen LogP contribution in [-0.4, -0.2) is 31.2 Å².